The average molecular weight is 386 g/mol. The fraction of sp³-hybridized carbons (Fsp3) is 0.381. The van der Waals surface area contributed by atoms with Crippen molar-refractivity contribution in [2.45, 2.75) is 33.0 Å². The number of benzene rings is 1. The topological polar surface area (TPSA) is 86.8 Å². The Kier molecular flexibility index (Phi) is 7.95. The number of nitrogens with zero attached hydrogens (tertiary/aromatic N) is 1. The van der Waals surface area contributed by atoms with E-state index in [1.807, 2.05) is 51.1 Å². The molecule has 0 aliphatic rings. The molecule has 0 spiro atoms. The molecule has 0 aliphatic heterocycles. The monoisotopic (exact) mass is 386 g/mol. The second-order valence-electron chi connectivity index (χ2n) is 7.02. The van der Waals surface area contributed by atoms with Crippen molar-refractivity contribution >= 4 is 11.9 Å². The number of amides is 1. The van der Waals surface area contributed by atoms with Crippen molar-refractivity contribution in [3.8, 4) is 5.88 Å². The van der Waals surface area contributed by atoms with Gasteiger partial charge in [-0.25, -0.2) is 4.98 Å². The lowest BCUT2D eigenvalue weighted by Gasteiger charge is -2.19. The second-order valence-corrected chi connectivity index (χ2v) is 7.02. The number of carbonyl (C=O) groups is 2. The van der Waals surface area contributed by atoms with Gasteiger partial charge in [-0.15, -0.1) is 0 Å². The molecule has 2 aromatic rings. The van der Waals surface area contributed by atoms with E-state index in [0.717, 1.165) is 5.56 Å². The number of aromatic nitrogens is 1. The van der Waals surface area contributed by atoms with Crippen LogP contribution in [0.1, 0.15) is 36.7 Å². The van der Waals surface area contributed by atoms with E-state index in [9.17, 15) is 9.59 Å². The van der Waals surface area contributed by atoms with Crippen LogP contribution >= 0.6 is 0 Å². The molecule has 0 saturated heterocycles. The molecule has 0 fully saturated rings. The van der Waals surface area contributed by atoms with E-state index in [0.29, 0.717) is 24.7 Å². The zero-order chi connectivity index (χ0) is 20.4. The van der Waals surface area contributed by atoms with Gasteiger partial charge >= 0.3 is 5.97 Å². The lowest BCUT2D eigenvalue weighted by Crippen LogP contribution is -2.30. The standard InChI is InChI=1S/C21H26N2O5/c1-21(2,3)28-12-11-26-18-10-9-17(13-22-18)20(25)23-14-19(24)27-15-16-7-5-4-6-8-16/h4-10,13H,11-12,14-15H2,1-3H3,(H,23,25). The number of carbonyl (C=O) groups excluding carboxylic acids is 2. The highest BCUT2D eigenvalue weighted by Gasteiger charge is 2.11. The molecule has 7 heteroatoms. The molecule has 0 aliphatic carbocycles. The molecule has 0 atom stereocenters. The third kappa shape index (κ3) is 8.18. The number of pyridine rings is 1. The SMILES string of the molecule is CC(C)(C)OCCOc1ccc(C(=O)NCC(=O)OCc2ccccc2)cn1. The maximum Gasteiger partial charge on any atom is 0.325 e. The summed E-state index contributed by atoms with van der Waals surface area (Å²) in [5, 5.41) is 2.51. The Morgan fingerprint density at radius 3 is 2.43 bits per heavy atom. The molecule has 1 amide bonds. The molecule has 0 unspecified atom stereocenters. The summed E-state index contributed by atoms with van der Waals surface area (Å²) in [7, 11) is 0. The highest BCUT2D eigenvalue weighted by molar-refractivity contribution is 5.95. The fourth-order valence-electron chi connectivity index (χ4n) is 2.14. The highest BCUT2D eigenvalue weighted by atomic mass is 16.5. The van der Waals surface area contributed by atoms with Gasteiger partial charge in [0.1, 0.15) is 19.8 Å². The van der Waals surface area contributed by atoms with Crippen LogP contribution in [0.15, 0.2) is 48.7 Å². The summed E-state index contributed by atoms with van der Waals surface area (Å²) < 4.78 is 16.1. The van der Waals surface area contributed by atoms with E-state index >= 15 is 0 Å². The van der Waals surface area contributed by atoms with Gasteiger partial charge in [0.05, 0.1) is 17.8 Å². The molecule has 1 aromatic carbocycles. The first-order valence-corrected chi connectivity index (χ1v) is 9.04. The first-order valence-electron chi connectivity index (χ1n) is 9.04. The van der Waals surface area contributed by atoms with Gasteiger partial charge in [0.15, 0.2) is 0 Å². The van der Waals surface area contributed by atoms with Crippen LogP contribution in [-0.2, 0) is 20.9 Å². The molecular weight excluding hydrogens is 360 g/mol. The third-order valence-electron chi connectivity index (χ3n) is 3.50. The lowest BCUT2D eigenvalue weighted by atomic mass is 10.2. The maximum atomic E-state index is 12.1. The Bertz CT molecular complexity index is 755. The minimum absolute atomic E-state index is 0.169. The van der Waals surface area contributed by atoms with Gasteiger partial charge in [-0.3, -0.25) is 9.59 Å². The molecular formula is C21H26N2O5. The Morgan fingerprint density at radius 1 is 1.04 bits per heavy atom. The van der Waals surface area contributed by atoms with Crippen molar-refractivity contribution in [3.05, 3.63) is 59.8 Å². The van der Waals surface area contributed by atoms with Crippen molar-refractivity contribution in [2.24, 2.45) is 0 Å². The number of ether oxygens (including phenoxy) is 3. The number of esters is 1. The van der Waals surface area contributed by atoms with Crippen LogP contribution in [0.2, 0.25) is 0 Å². The summed E-state index contributed by atoms with van der Waals surface area (Å²) in [5.41, 5.74) is 0.991. The van der Waals surface area contributed by atoms with Gasteiger partial charge in [-0.2, -0.15) is 0 Å². The predicted octanol–water partition coefficient (Wildman–Crippen LogP) is 2.75. The summed E-state index contributed by atoms with van der Waals surface area (Å²) in [6, 6.07) is 12.5. The van der Waals surface area contributed by atoms with Gasteiger partial charge in [-0.1, -0.05) is 30.3 Å². The second kappa shape index (κ2) is 10.4. The highest BCUT2D eigenvalue weighted by Crippen LogP contribution is 2.09. The van der Waals surface area contributed by atoms with Crippen molar-refractivity contribution < 1.29 is 23.8 Å². The smallest absolute Gasteiger partial charge is 0.325 e. The summed E-state index contributed by atoms with van der Waals surface area (Å²) in [5.74, 6) is -0.521. The number of hydrogen-bond acceptors (Lipinski definition) is 6. The van der Waals surface area contributed by atoms with Crippen molar-refractivity contribution in [1.82, 2.24) is 10.3 Å². The van der Waals surface area contributed by atoms with Crippen LogP contribution in [0.3, 0.4) is 0 Å². The van der Waals surface area contributed by atoms with Gasteiger partial charge in [0, 0.05) is 12.3 Å². The molecule has 0 bridgehead atoms. The Balaban J connectivity index is 1.69. The van der Waals surface area contributed by atoms with Gasteiger partial charge in [-0.05, 0) is 32.4 Å². The molecule has 1 heterocycles. The average Bonchev–Trinajstić information content (AvgIpc) is 2.68. The molecule has 2 rings (SSSR count). The molecule has 0 radical (unpaired) electrons. The maximum absolute atomic E-state index is 12.1. The van der Waals surface area contributed by atoms with Gasteiger partial charge < -0.3 is 19.5 Å². The Labute approximate surface area is 165 Å². The summed E-state index contributed by atoms with van der Waals surface area (Å²) >= 11 is 0. The van der Waals surface area contributed by atoms with E-state index in [1.54, 1.807) is 12.1 Å². The van der Waals surface area contributed by atoms with E-state index in [1.165, 1.54) is 6.20 Å². The molecule has 0 saturated carbocycles. The van der Waals surface area contributed by atoms with Crippen molar-refractivity contribution in [2.75, 3.05) is 19.8 Å². The molecule has 28 heavy (non-hydrogen) atoms. The molecule has 7 nitrogen and oxygen atoms in total. The Hall–Kier alpha value is -2.93. The fourth-order valence-corrected chi connectivity index (χ4v) is 2.14. The van der Waals surface area contributed by atoms with Crippen LogP contribution < -0.4 is 10.1 Å². The largest absolute Gasteiger partial charge is 0.475 e. The molecule has 1 N–H and O–H groups in total. The van der Waals surface area contributed by atoms with Crippen molar-refractivity contribution in [1.29, 1.82) is 0 Å². The third-order valence-corrected chi connectivity index (χ3v) is 3.50. The summed E-state index contributed by atoms with van der Waals surface area (Å²) in [4.78, 5) is 27.9. The minimum atomic E-state index is -0.510. The number of nitrogens with one attached hydrogen (secondary N) is 1. The van der Waals surface area contributed by atoms with Gasteiger partial charge in [0.2, 0.25) is 5.88 Å². The summed E-state index contributed by atoms with van der Waals surface area (Å²) in [6.45, 7) is 6.67. The van der Waals surface area contributed by atoms with E-state index < -0.39 is 11.9 Å². The lowest BCUT2D eigenvalue weighted by molar-refractivity contribution is -0.143. The quantitative estimate of drug-likeness (QED) is 0.527. The van der Waals surface area contributed by atoms with Gasteiger partial charge in [0.25, 0.3) is 5.91 Å². The van der Waals surface area contributed by atoms with E-state index in [-0.39, 0.29) is 18.8 Å². The van der Waals surface area contributed by atoms with Crippen LogP contribution in [0, 0.1) is 0 Å². The minimum Gasteiger partial charge on any atom is -0.475 e. The van der Waals surface area contributed by atoms with Crippen LogP contribution in [-0.4, -0.2) is 42.2 Å². The molecule has 1 aromatic heterocycles. The van der Waals surface area contributed by atoms with Crippen LogP contribution in [0.4, 0.5) is 0 Å². The number of hydrogen-bond donors (Lipinski definition) is 1. The molecule has 150 valence electrons. The Morgan fingerprint density at radius 2 is 1.79 bits per heavy atom. The van der Waals surface area contributed by atoms with Crippen LogP contribution in [0.5, 0.6) is 5.88 Å². The first kappa shape index (κ1) is 21.4. The zero-order valence-electron chi connectivity index (χ0n) is 16.4. The normalized spacial score (nSPS) is 11.0. The van der Waals surface area contributed by atoms with E-state index in [2.05, 4.69) is 10.3 Å². The van der Waals surface area contributed by atoms with E-state index in [4.69, 9.17) is 14.2 Å². The number of rotatable bonds is 9. The zero-order valence-corrected chi connectivity index (χ0v) is 16.4. The van der Waals surface area contributed by atoms with Crippen LogP contribution in [0.25, 0.3) is 0 Å². The van der Waals surface area contributed by atoms with Crippen molar-refractivity contribution in [3.63, 3.8) is 0 Å². The summed E-state index contributed by atoms with van der Waals surface area (Å²) in [6.07, 6.45) is 1.39. The predicted molar refractivity (Wildman–Crippen MR) is 104 cm³/mol. The first-order chi connectivity index (χ1) is 13.3.